The van der Waals surface area contributed by atoms with Crippen LogP contribution in [0.25, 0.3) is 11.1 Å². The van der Waals surface area contributed by atoms with Gasteiger partial charge in [-0.05, 0) is 53.8 Å². The fourth-order valence-electron chi connectivity index (χ4n) is 4.18. The fraction of sp³-hybridized carbons (Fsp3) is 0.222. The third-order valence-corrected chi connectivity index (χ3v) is 6.32. The van der Waals surface area contributed by atoms with E-state index in [4.69, 9.17) is 9.84 Å². The standard InChI is InChI=1S/C27H26N2O5/c1-16-12-13-18(25(30)29(3)17(2)26(31)32)14-24(16)28-27(33)34-15-23-21-10-6-4-8-19(21)20-9-5-7-11-22(20)23/h4-14,17,23H,15H2,1-3H3,(H,28,33)(H,31,32). The number of nitrogens with zero attached hydrogens (tertiary/aromatic N) is 1. The van der Waals surface area contributed by atoms with Crippen LogP contribution in [0.15, 0.2) is 66.7 Å². The summed E-state index contributed by atoms with van der Waals surface area (Å²) in [7, 11) is 1.43. The summed E-state index contributed by atoms with van der Waals surface area (Å²) in [4.78, 5) is 37.7. The molecule has 0 aliphatic heterocycles. The van der Waals surface area contributed by atoms with Gasteiger partial charge in [-0.1, -0.05) is 54.6 Å². The van der Waals surface area contributed by atoms with Crippen LogP contribution in [0.2, 0.25) is 0 Å². The van der Waals surface area contributed by atoms with Crippen molar-refractivity contribution in [3.63, 3.8) is 0 Å². The Hall–Kier alpha value is -4.13. The Labute approximate surface area is 198 Å². The van der Waals surface area contributed by atoms with Gasteiger partial charge in [-0.25, -0.2) is 9.59 Å². The van der Waals surface area contributed by atoms with Gasteiger partial charge in [0, 0.05) is 24.2 Å². The van der Waals surface area contributed by atoms with Crippen LogP contribution in [-0.4, -0.2) is 47.7 Å². The highest BCUT2D eigenvalue weighted by molar-refractivity contribution is 5.98. The summed E-state index contributed by atoms with van der Waals surface area (Å²) in [5, 5.41) is 11.9. The Morgan fingerprint density at radius 1 is 1.00 bits per heavy atom. The number of rotatable bonds is 6. The van der Waals surface area contributed by atoms with E-state index in [1.165, 1.54) is 20.0 Å². The molecule has 1 aliphatic rings. The van der Waals surface area contributed by atoms with Gasteiger partial charge in [0.05, 0.1) is 0 Å². The summed E-state index contributed by atoms with van der Waals surface area (Å²) in [5.74, 6) is -1.61. The first-order chi connectivity index (χ1) is 16.3. The van der Waals surface area contributed by atoms with Crippen molar-refractivity contribution in [3.8, 4) is 11.1 Å². The van der Waals surface area contributed by atoms with E-state index in [0.717, 1.165) is 32.7 Å². The molecule has 0 fully saturated rings. The third-order valence-electron chi connectivity index (χ3n) is 6.32. The average molecular weight is 459 g/mol. The van der Waals surface area contributed by atoms with Crippen LogP contribution in [0, 0.1) is 6.92 Å². The van der Waals surface area contributed by atoms with Gasteiger partial charge in [0.25, 0.3) is 5.91 Å². The lowest BCUT2D eigenvalue weighted by atomic mass is 9.98. The van der Waals surface area contributed by atoms with E-state index in [-0.39, 0.29) is 18.1 Å². The number of likely N-dealkylation sites (N-methyl/N-ethyl adjacent to an activating group) is 1. The normalized spacial score (nSPS) is 12.9. The number of hydrogen-bond acceptors (Lipinski definition) is 4. The topological polar surface area (TPSA) is 95.9 Å². The van der Waals surface area contributed by atoms with Crippen LogP contribution in [0.1, 0.15) is 39.9 Å². The zero-order valence-corrected chi connectivity index (χ0v) is 19.2. The Bertz CT molecular complexity index is 1220. The largest absolute Gasteiger partial charge is 0.480 e. The number of aliphatic carboxylic acids is 1. The number of amides is 2. The highest BCUT2D eigenvalue weighted by atomic mass is 16.5. The van der Waals surface area contributed by atoms with Gasteiger partial charge < -0.3 is 14.7 Å². The van der Waals surface area contributed by atoms with Crippen molar-refractivity contribution >= 4 is 23.7 Å². The van der Waals surface area contributed by atoms with Crippen LogP contribution >= 0.6 is 0 Å². The highest BCUT2D eigenvalue weighted by Gasteiger charge is 2.29. The van der Waals surface area contributed by atoms with Crippen molar-refractivity contribution in [2.45, 2.75) is 25.8 Å². The summed E-state index contributed by atoms with van der Waals surface area (Å²) >= 11 is 0. The van der Waals surface area contributed by atoms with E-state index < -0.39 is 24.0 Å². The first kappa shape index (κ1) is 23.0. The molecule has 0 heterocycles. The number of ether oxygens (including phenoxy) is 1. The highest BCUT2D eigenvalue weighted by Crippen LogP contribution is 2.44. The number of carbonyl (C=O) groups is 3. The molecule has 0 radical (unpaired) electrons. The molecule has 0 aromatic heterocycles. The number of anilines is 1. The van der Waals surface area contributed by atoms with Crippen LogP contribution in [0.5, 0.6) is 0 Å². The second-order valence-corrected chi connectivity index (χ2v) is 8.41. The predicted octanol–water partition coefficient (Wildman–Crippen LogP) is 4.90. The molecule has 1 unspecified atom stereocenters. The van der Waals surface area contributed by atoms with Gasteiger partial charge in [0.15, 0.2) is 0 Å². The number of carboxylic acid groups (broad SMARTS) is 1. The van der Waals surface area contributed by atoms with Gasteiger partial charge >= 0.3 is 12.1 Å². The zero-order chi connectivity index (χ0) is 24.4. The Balaban J connectivity index is 1.46. The zero-order valence-electron chi connectivity index (χ0n) is 19.2. The van der Waals surface area contributed by atoms with E-state index in [9.17, 15) is 14.4 Å². The van der Waals surface area contributed by atoms with Crippen LogP contribution < -0.4 is 5.32 Å². The molecule has 7 heteroatoms. The molecule has 174 valence electrons. The smallest absolute Gasteiger partial charge is 0.411 e. The monoisotopic (exact) mass is 458 g/mol. The van der Waals surface area contributed by atoms with E-state index in [1.54, 1.807) is 19.1 Å². The van der Waals surface area contributed by atoms with Gasteiger partial charge in [0.1, 0.15) is 12.6 Å². The summed E-state index contributed by atoms with van der Waals surface area (Å²) in [6, 6.07) is 20.1. The molecule has 0 bridgehead atoms. The molecule has 2 N–H and O–H groups in total. The Morgan fingerprint density at radius 2 is 1.59 bits per heavy atom. The summed E-state index contributed by atoms with van der Waals surface area (Å²) in [6.07, 6.45) is -0.623. The molecule has 1 atom stereocenters. The molecule has 1 aliphatic carbocycles. The number of nitrogens with one attached hydrogen (secondary N) is 1. The number of carboxylic acids is 1. The molecule has 4 rings (SSSR count). The lowest BCUT2D eigenvalue weighted by molar-refractivity contribution is -0.141. The van der Waals surface area contributed by atoms with Crippen LogP contribution in [-0.2, 0) is 9.53 Å². The van der Waals surface area contributed by atoms with Crippen molar-refractivity contribution in [1.82, 2.24) is 4.90 Å². The van der Waals surface area contributed by atoms with Gasteiger partial charge in [-0.15, -0.1) is 0 Å². The molecule has 2 amide bonds. The number of benzene rings is 3. The van der Waals surface area contributed by atoms with E-state index in [2.05, 4.69) is 29.6 Å². The van der Waals surface area contributed by atoms with Crippen molar-refractivity contribution in [3.05, 3.63) is 89.0 Å². The van der Waals surface area contributed by atoms with E-state index >= 15 is 0 Å². The summed E-state index contributed by atoms with van der Waals surface area (Å²) in [5.41, 5.74) is 5.99. The number of carbonyl (C=O) groups excluding carboxylic acids is 2. The third kappa shape index (κ3) is 4.37. The number of hydrogen-bond donors (Lipinski definition) is 2. The van der Waals surface area contributed by atoms with Crippen molar-refractivity contribution in [2.24, 2.45) is 0 Å². The summed E-state index contributed by atoms with van der Waals surface area (Å²) < 4.78 is 5.59. The van der Waals surface area contributed by atoms with Crippen molar-refractivity contribution < 1.29 is 24.2 Å². The van der Waals surface area contributed by atoms with E-state index in [0.29, 0.717) is 5.69 Å². The SMILES string of the molecule is Cc1ccc(C(=O)N(C)C(C)C(=O)O)cc1NC(=O)OCC1c2ccccc2-c2ccccc21. The lowest BCUT2D eigenvalue weighted by Gasteiger charge is -2.22. The number of fused-ring (bicyclic) bond motifs is 3. The molecular formula is C27H26N2O5. The van der Waals surface area contributed by atoms with Gasteiger partial charge in [-0.3, -0.25) is 10.1 Å². The van der Waals surface area contributed by atoms with Crippen LogP contribution in [0.3, 0.4) is 0 Å². The molecular weight excluding hydrogens is 432 g/mol. The fourth-order valence-corrected chi connectivity index (χ4v) is 4.18. The van der Waals surface area contributed by atoms with Gasteiger partial charge in [-0.2, -0.15) is 0 Å². The minimum atomic E-state index is -1.10. The maximum absolute atomic E-state index is 12.7. The van der Waals surface area contributed by atoms with Gasteiger partial charge in [0.2, 0.25) is 0 Å². The minimum Gasteiger partial charge on any atom is -0.480 e. The maximum atomic E-state index is 12.7. The maximum Gasteiger partial charge on any atom is 0.411 e. The predicted molar refractivity (Wildman–Crippen MR) is 129 cm³/mol. The van der Waals surface area contributed by atoms with Crippen molar-refractivity contribution in [1.29, 1.82) is 0 Å². The van der Waals surface area contributed by atoms with E-state index in [1.807, 2.05) is 24.3 Å². The first-order valence-electron chi connectivity index (χ1n) is 11.0. The Kier molecular flexibility index (Phi) is 6.36. The second kappa shape index (κ2) is 9.39. The first-order valence-corrected chi connectivity index (χ1v) is 11.0. The average Bonchev–Trinajstić information content (AvgIpc) is 3.16. The molecule has 7 nitrogen and oxygen atoms in total. The summed E-state index contributed by atoms with van der Waals surface area (Å²) in [6.45, 7) is 3.41. The molecule has 0 saturated heterocycles. The van der Waals surface area contributed by atoms with Crippen LogP contribution in [0.4, 0.5) is 10.5 Å². The number of aryl methyl sites for hydroxylation is 1. The molecule has 3 aromatic rings. The molecule has 0 saturated carbocycles. The second-order valence-electron chi connectivity index (χ2n) is 8.41. The Morgan fingerprint density at radius 3 is 2.18 bits per heavy atom. The minimum absolute atomic E-state index is 0.0571. The van der Waals surface area contributed by atoms with Crippen molar-refractivity contribution in [2.75, 3.05) is 19.0 Å². The molecule has 34 heavy (non-hydrogen) atoms. The lowest BCUT2D eigenvalue weighted by Crippen LogP contribution is -2.40. The molecule has 3 aromatic carbocycles. The molecule has 0 spiro atoms. The quantitative estimate of drug-likeness (QED) is 0.548.